The summed E-state index contributed by atoms with van der Waals surface area (Å²) in [5, 5.41) is 3.03. The van der Waals surface area contributed by atoms with Gasteiger partial charge in [-0.15, -0.1) is 0 Å². The van der Waals surface area contributed by atoms with Crippen LogP contribution in [0.2, 0.25) is 0 Å². The summed E-state index contributed by atoms with van der Waals surface area (Å²) < 4.78 is 25.6. The Morgan fingerprint density at radius 1 is 1.03 bits per heavy atom. The minimum atomic E-state index is -3.33. The van der Waals surface area contributed by atoms with E-state index >= 15 is 0 Å². The number of hydrogen-bond acceptors (Lipinski definition) is 10. The quantitative estimate of drug-likeness (QED) is 0.358. The molecular formula is C24H28N8O3S. The van der Waals surface area contributed by atoms with Crippen LogP contribution in [-0.2, 0) is 22.9 Å². The van der Waals surface area contributed by atoms with Crippen molar-refractivity contribution in [2.45, 2.75) is 58.0 Å². The standard InChI is InChI=1S/C24H28N8O3S/c1-5-9-32-23-19(13-28-21(31-23)18-12-25-14-29-20(18)15(3)4)30-22(24(32)33)27-10-16-7-8-17(11-26-16)36(34,35)6-2/h7-8,11-15H,5-6,9-10H2,1-4H3,(H,27,30). The van der Waals surface area contributed by atoms with E-state index in [-0.39, 0.29) is 34.5 Å². The summed E-state index contributed by atoms with van der Waals surface area (Å²) in [7, 11) is -3.33. The van der Waals surface area contributed by atoms with Gasteiger partial charge >= 0.3 is 0 Å². The molecule has 11 nitrogen and oxygen atoms in total. The molecule has 0 saturated heterocycles. The number of rotatable bonds is 9. The lowest BCUT2D eigenvalue weighted by Gasteiger charge is -2.14. The molecule has 188 valence electrons. The van der Waals surface area contributed by atoms with Crippen molar-refractivity contribution < 1.29 is 8.42 Å². The first-order valence-electron chi connectivity index (χ1n) is 11.7. The summed E-state index contributed by atoms with van der Waals surface area (Å²) in [5.74, 6) is 0.731. The normalized spacial score (nSPS) is 11.8. The number of sulfone groups is 1. The first-order chi connectivity index (χ1) is 17.2. The Morgan fingerprint density at radius 2 is 1.83 bits per heavy atom. The van der Waals surface area contributed by atoms with Gasteiger partial charge in [-0.25, -0.2) is 33.3 Å². The average Bonchev–Trinajstić information content (AvgIpc) is 2.89. The third-order valence-electron chi connectivity index (χ3n) is 5.64. The van der Waals surface area contributed by atoms with Gasteiger partial charge in [0.05, 0.1) is 40.3 Å². The van der Waals surface area contributed by atoms with E-state index < -0.39 is 9.84 Å². The molecule has 36 heavy (non-hydrogen) atoms. The van der Waals surface area contributed by atoms with Gasteiger partial charge in [0.1, 0.15) is 11.8 Å². The Labute approximate surface area is 209 Å². The highest BCUT2D eigenvalue weighted by atomic mass is 32.2. The molecule has 4 rings (SSSR count). The van der Waals surface area contributed by atoms with Crippen molar-refractivity contribution >= 4 is 26.8 Å². The highest BCUT2D eigenvalue weighted by Crippen LogP contribution is 2.25. The van der Waals surface area contributed by atoms with Crippen molar-refractivity contribution in [3.05, 3.63) is 58.8 Å². The maximum atomic E-state index is 13.3. The lowest BCUT2D eigenvalue weighted by Crippen LogP contribution is -2.26. The number of nitrogens with one attached hydrogen (secondary N) is 1. The maximum absolute atomic E-state index is 13.3. The van der Waals surface area contributed by atoms with E-state index in [1.165, 1.54) is 18.6 Å². The first-order valence-corrected chi connectivity index (χ1v) is 13.4. The number of hydrogen-bond donors (Lipinski definition) is 1. The number of aromatic nitrogens is 7. The third kappa shape index (κ3) is 5.08. The summed E-state index contributed by atoms with van der Waals surface area (Å²) in [6, 6.07) is 3.13. The molecule has 0 aliphatic heterocycles. The van der Waals surface area contributed by atoms with Gasteiger partial charge in [0.25, 0.3) is 5.56 Å². The molecule has 0 aliphatic rings. The van der Waals surface area contributed by atoms with Gasteiger partial charge in [-0.3, -0.25) is 14.3 Å². The molecular weight excluding hydrogens is 480 g/mol. The van der Waals surface area contributed by atoms with Gasteiger partial charge in [-0.1, -0.05) is 27.7 Å². The van der Waals surface area contributed by atoms with Crippen molar-refractivity contribution in [3.63, 3.8) is 0 Å². The zero-order chi connectivity index (χ0) is 25.9. The fourth-order valence-electron chi connectivity index (χ4n) is 3.72. The SMILES string of the molecule is CCCn1c(=O)c(NCc2ccc(S(=O)(=O)CC)cn2)nc2cnc(-c3cncnc3C(C)C)nc21. The smallest absolute Gasteiger partial charge is 0.294 e. The molecule has 0 saturated carbocycles. The van der Waals surface area contributed by atoms with Crippen LogP contribution < -0.4 is 10.9 Å². The lowest BCUT2D eigenvalue weighted by molar-refractivity contribution is 0.596. The lowest BCUT2D eigenvalue weighted by atomic mass is 10.0. The minimum Gasteiger partial charge on any atom is -0.360 e. The van der Waals surface area contributed by atoms with Gasteiger partial charge in [0.2, 0.25) is 0 Å². The van der Waals surface area contributed by atoms with Crippen molar-refractivity contribution in [2.75, 3.05) is 11.1 Å². The van der Waals surface area contributed by atoms with Gasteiger partial charge in [0, 0.05) is 18.9 Å². The van der Waals surface area contributed by atoms with E-state index in [1.54, 1.807) is 30.0 Å². The molecule has 0 amide bonds. The van der Waals surface area contributed by atoms with E-state index in [4.69, 9.17) is 0 Å². The second-order valence-electron chi connectivity index (χ2n) is 8.54. The van der Waals surface area contributed by atoms with Crippen LogP contribution in [0.15, 0.2) is 46.7 Å². The van der Waals surface area contributed by atoms with E-state index in [0.717, 1.165) is 12.1 Å². The fourth-order valence-corrected chi connectivity index (χ4v) is 4.55. The predicted octanol–water partition coefficient (Wildman–Crippen LogP) is 2.98. The number of anilines is 1. The highest BCUT2D eigenvalue weighted by molar-refractivity contribution is 7.91. The zero-order valence-corrected chi connectivity index (χ0v) is 21.4. The monoisotopic (exact) mass is 508 g/mol. The summed E-state index contributed by atoms with van der Waals surface area (Å²) in [6.45, 7) is 8.28. The molecule has 0 bridgehead atoms. The molecule has 0 aromatic carbocycles. The minimum absolute atomic E-state index is 0.00409. The molecule has 0 spiro atoms. The molecule has 1 N–H and O–H groups in total. The molecule has 0 radical (unpaired) electrons. The molecule has 0 fully saturated rings. The largest absolute Gasteiger partial charge is 0.360 e. The van der Waals surface area contributed by atoms with Crippen LogP contribution in [0.5, 0.6) is 0 Å². The van der Waals surface area contributed by atoms with Crippen LogP contribution >= 0.6 is 0 Å². The fraction of sp³-hybridized carbons (Fsp3) is 0.375. The molecule has 4 aromatic rings. The Bertz CT molecular complexity index is 1550. The first kappa shape index (κ1) is 25.3. The van der Waals surface area contributed by atoms with Gasteiger partial charge in [0.15, 0.2) is 27.1 Å². The van der Waals surface area contributed by atoms with E-state index in [2.05, 4.69) is 35.2 Å². The van der Waals surface area contributed by atoms with E-state index in [1.807, 2.05) is 20.8 Å². The van der Waals surface area contributed by atoms with Gasteiger partial charge < -0.3 is 5.32 Å². The summed E-state index contributed by atoms with van der Waals surface area (Å²) in [5.41, 5.74) is 2.70. The van der Waals surface area contributed by atoms with Gasteiger partial charge in [-0.2, -0.15) is 0 Å². The van der Waals surface area contributed by atoms with Crippen molar-refractivity contribution in [1.82, 2.24) is 34.5 Å². The van der Waals surface area contributed by atoms with Gasteiger partial charge in [-0.05, 0) is 24.5 Å². The molecule has 0 atom stereocenters. The molecule has 4 aromatic heterocycles. The van der Waals surface area contributed by atoms with Crippen LogP contribution in [0.25, 0.3) is 22.6 Å². The van der Waals surface area contributed by atoms with Crippen molar-refractivity contribution in [3.8, 4) is 11.4 Å². The second kappa shape index (κ2) is 10.4. The maximum Gasteiger partial charge on any atom is 0.294 e. The van der Waals surface area contributed by atoms with Crippen LogP contribution in [-0.4, -0.2) is 48.6 Å². The summed E-state index contributed by atoms with van der Waals surface area (Å²) in [6.07, 6.45) is 6.82. The number of fused-ring (bicyclic) bond motifs is 1. The molecule has 12 heteroatoms. The predicted molar refractivity (Wildman–Crippen MR) is 136 cm³/mol. The average molecular weight is 509 g/mol. The van der Waals surface area contributed by atoms with Crippen molar-refractivity contribution in [2.24, 2.45) is 0 Å². The Morgan fingerprint density at radius 3 is 2.50 bits per heavy atom. The molecule has 0 unspecified atom stereocenters. The Hall–Kier alpha value is -3.80. The Kier molecular flexibility index (Phi) is 7.34. The third-order valence-corrected chi connectivity index (χ3v) is 7.36. The Balaban J connectivity index is 1.69. The van der Waals surface area contributed by atoms with E-state index in [0.29, 0.717) is 34.8 Å². The topological polar surface area (TPSA) is 146 Å². The number of nitrogens with zero attached hydrogens (tertiary/aromatic N) is 7. The number of aryl methyl sites for hydroxylation is 1. The molecule has 4 heterocycles. The summed E-state index contributed by atoms with van der Waals surface area (Å²) >= 11 is 0. The van der Waals surface area contributed by atoms with Crippen LogP contribution in [0, 0.1) is 0 Å². The van der Waals surface area contributed by atoms with Crippen LogP contribution in [0.4, 0.5) is 5.82 Å². The van der Waals surface area contributed by atoms with Crippen molar-refractivity contribution in [1.29, 1.82) is 0 Å². The van der Waals surface area contributed by atoms with Crippen LogP contribution in [0.3, 0.4) is 0 Å². The summed E-state index contributed by atoms with van der Waals surface area (Å²) in [4.78, 5) is 39.8. The number of pyridine rings is 1. The second-order valence-corrected chi connectivity index (χ2v) is 10.8. The molecule has 0 aliphatic carbocycles. The zero-order valence-electron chi connectivity index (χ0n) is 20.6. The van der Waals surface area contributed by atoms with Crippen LogP contribution in [0.1, 0.15) is 51.4 Å². The van der Waals surface area contributed by atoms with E-state index in [9.17, 15) is 13.2 Å². The highest BCUT2D eigenvalue weighted by Gasteiger charge is 2.17.